The lowest BCUT2D eigenvalue weighted by Gasteiger charge is -2.36. The third-order valence-electron chi connectivity index (χ3n) is 6.85. The highest BCUT2D eigenvalue weighted by atomic mass is 35.5. The number of halogens is 1. The summed E-state index contributed by atoms with van der Waals surface area (Å²) in [5.74, 6) is 0.482. The van der Waals surface area contributed by atoms with E-state index in [1.807, 2.05) is 36.4 Å². The maximum absolute atomic E-state index is 12.7. The van der Waals surface area contributed by atoms with E-state index in [0.717, 1.165) is 55.4 Å². The van der Waals surface area contributed by atoms with Crippen molar-refractivity contribution >= 4 is 28.9 Å². The molecule has 0 radical (unpaired) electrons. The van der Waals surface area contributed by atoms with Crippen LogP contribution in [-0.4, -0.2) is 57.8 Å². The Bertz CT molecular complexity index is 1230. The number of carbonyl (C=O) groups is 1. The van der Waals surface area contributed by atoms with E-state index < -0.39 is 12.2 Å². The summed E-state index contributed by atoms with van der Waals surface area (Å²) in [5, 5.41) is 4.19. The van der Waals surface area contributed by atoms with Crippen molar-refractivity contribution in [2.24, 2.45) is 0 Å². The second kappa shape index (κ2) is 10.7. The lowest BCUT2D eigenvalue weighted by molar-refractivity contribution is 0.0435. The summed E-state index contributed by atoms with van der Waals surface area (Å²) in [5.41, 5.74) is 4.51. The standard InChI is InChI=1S/C28H30ClN3O4/c1-34-24-12-11-22-25(26(24)35-2)28(33)36-27(22)30-23-6-4-3-5-19(23)13-14-31-15-17-32(18-16-31)21-9-7-20(29)8-10-21/h3-12,27,30H,13-18H2,1-2H3. The number of hydrogen-bond donors (Lipinski definition) is 1. The van der Waals surface area contributed by atoms with Gasteiger partial charge in [-0.05, 0) is 54.4 Å². The van der Waals surface area contributed by atoms with Gasteiger partial charge in [-0.2, -0.15) is 0 Å². The predicted molar refractivity (Wildman–Crippen MR) is 142 cm³/mol. The molecule has 3 aromatic rings. The monoisotopic (exact) mass is 507 g/mol. The van der Waals surface area contributed by atoms with Crippen LogP contribution in [0.5, 0.6) is 11.5 Å². The molecule has 2 aliphatic rings. The zero-order chi connectivity index (χ0) is 25.1. The summed E-state index contributed by atoms with van der Waals surface area (Å²) in [6.07, 6.45) is 0.306. The number of carbonyl (C=O) groups excluding carboxylic acids is 1. The maximum atomic E-state index is 12.7. The second-order valence-corrected chi connectivity index (χ2v) is 9.34. The van der Waals surface area contributed by atoms with Crippen LogP contribution in [0.15, 0.2) is 60.7 Å². The molecule has 7 nitrogen and oxygen atoms in total. The maximum Gasteiger partial charge on any atom is 0.344 e. The van der Waals surface area contributed by atoms with Gasteiger partial charge in [0.1, 0.15) is 5.56 Å². The van der Waals surface area contributed by atoms with Gasteiger partial charge in [0.25, 0.3) is 0 Å². The molecule has 2 aliphatic heterocycles. The Morgan fingerprint density at radius 1 is 0.972 bits per heavy atom. The number of fused-ring (bicyclic) bond motifs is 1. The molecule has 0 amide bonds. The fourth-order valence-corrected chi connectivity index (χ4v) is 5.01. The van der Waals surface area contributed by atoms with Gasteiger partial charge >= 0.3 is 5.97 Å². The molecule has 188 valence electrons. The van der Waals surface area contributed by atoms with Gasteiger partial charge in [0.15, 0.2) is 11.5 Å². The van der Waals surface area contributed by atoms with Gasteiger partial charge in [-0.3, -0.25) is 4.90 Å². The first-order valence-corrected chi connectivity index (χ1v) is 12.5. The zero-order valence-corrected chi connectivity index (χ0v) is 21.3. The minimum Gasteiger partial charge on any atom is -0.493 e. The molecule has 36 heavy (non-hydrogen) atoms. The van der Waals surface area contributed by atoms with Crippen LogP contribution in [0.2, 0.25) is 5.02 Å². The molecule has 1 fully saturated rings. The Morgan fingerprint density at radius 2 is 1.72 bits per heavy atom. The fraction of sp³-hybridized carbons (Fsp3) is 0.321. The van der Waals surface area contributed by atoms with Gasteiger partial charge in [-0.25, -0.2) is 4.79 Å². The molecule has 1 N–H and O–H groups in total. The van der Waals surface area contributed by atoms with E-state index in [1.54, 1.807) is 13.2 Å². The average molecular weight is 508 g/mol. The fourth-order valence-electron chi connectivity index (χ4n) is 4.89. The van der Waals surface area contributed by atoms with Crippen LogP contribution in [0.3, 0.4) is 0 Å². The Morgan fingerprint density at radius 3 is 2.44 bits per heavy atom. The predicted octanol–water partition coefficient (Wildman–Crippen LogP) is 5.00. The first-order valence-electron chi connectivity index (χ1n) is 12.1. The smallest absolute Gasteiger partial charge is 0.344 e. The van der Waals surface area contributed by atoms with Gasteiger partial charge < -0.3 is 24.4 Å². The summed E-state index contributed by atoms with van der Waals surface area (Å²) in [6.45, 7) is 4.95. The number of hydrogen-bond acceptors (Lipinski definition) is 7. The van der Waals surface area contributed by atoms with Crippen molar-refractivity contribution in [3.05, 3.63) is 82.4 Å². The quantitative estimate of drug-likeness (QED) is 0.430. The summed E-state index contributed by atoms with van der Waals surface area (Å²) in [6, 6.07) is 19.9. The number of rotatable bonds is 8. The van der Waals surface area contributed by atoms with Crippen LogP contribution in [0, 0.1) is 0 Å². The third kappa shape index (κ3) is 4.94. The zero-order valence-electron chi connectivity index (χ0n) is 20.5. The molecule has 5 rings (SSSR count). The molecule has 0 aromatic heterocycles. The topological polar surface area (TPSA) is 63.3 Å². The number of anilines is 2. The Balaban J connectivity index is 1.23. The summed E-state index contributed by atoms with van der Waals surface area (Å²) >= 11 is 6.03. The van der Waals surface area contributed by atoms with Crippen LogP contribution in [0.1, 0.15) is 27.7 Å². The third-order valence-corrected chi connectivity index (χ3v) is 7.11. The number of para-hydroxylation sites is 1. The first kappa shape index (κ1) is 24.3. The number of piperazine rings is 1. The summed E-state index contributed by atoms with van der Waals surface area (Å²) in [4.78, 5) is 17.6. The van der Waals surface area contributed by atoms with E-state index in [9.17, 15) is 4.79 Å². The number of ether oxygens (including phenoxy) is 3. The summed E-state index contributed by atoms with van der Waals surface area (Å²) in [7, 11) is 3.07. The van der Waals surface area contributed by atoms with E-state index in [1.165, 1.54) is 18.4 Å². The summed E-state index contributed by atoms with van der Waals surface area (Å²) < 4.78 is 16.5. The van der Waals surface area contributed by atoms with E-state index in [2.05, 4.69) is 33.3 Å². The molecular weight excluding hydrogens is 478 g/mol. The van der Waals surface area contributed by atoms with Gasteiger partial charge in [-0.15, -0.1) is 0 Å². The molecule has 1 saturated heterocycles. The van der Waals surface area contributed by atoms with Crippen molar-refractivity contribution in [1.29, 1.82) is 0 Å². The van der Waals surface area contributed by atoms with Crippen LogP contribution >= 0.6 is 11.6 Å². The van der Waals surface area contributed by atoms with Crippen LogP contribution in [0.4, 0.5) is 11.4 Å². The molecule has 0 aliphatic carbocycles. The number of nitrogens with one attached hydrogen (secondary N) is 1. The average Bonchev–Trinajstić information content (AvgIpc) is 3.23. The molecule has 8 heteroatoms. The normalized spacial score (nSPS) is 17.5. The van der Waals surface area contributed by atoms with Crippen molar-refractivity contribution in [3.8, 4) is 11.5 Å². The molecule has 0 bridgehead atoms. The second-order valence-electron chi connectivity index (χ2n) is 8.91. The molecule has 1 unspecified atom stereocenters. The number of methoxy groups -OCH3 is 2. The van der Waals surface area contributed by atoms with Gasteiger partial charge in [0, 0.05) is 54.7 Å². The Hall–Kier alpha value is -3.42. The lowest BCUT2D eigenvalue weighted by atomic mass is 10.0. The van der Waals surface area contributed by atoms with Gasteiger partial charge in [-0.1, -0.05) is 29.8 Å². The van der Waals surface area contributed by atoms with E-state index in [-0.39, 0.29) is 0 Å². The van der Waals surface area contributed by atoms with Crippen molar-refractivity contribution in [2.45, 2.75) is 12.6 Å². The lowest BCUT2D eigenvalue weighted by Crippen LogP contribution is -2.47. The van der Waals surface area contributed by atoms with Crippen LogP contribution in [-0.2, 0) is 11.2 Å². The molecule has 2 heterocycles. The van der Waals surface area contributed by atoms with Crippen molar-refractivity contribution in [3.63, 3.8) is 0 Å². The van der Waals surface area contributed by atoms with E-state index in [0.29, 0.717) is 17.1 Å². The Labute approximate surface area is 216 Å². The van der Waals surface area contributed by atoms with E-state index >= 15 is 0 Å². The number of nitrogens with zero attached hydrogens (tertiary/aromatic N) is 2. The minimum absolute atomic E-state index is 0.398. The van der Waals surface area contributed by atoms with E-state index in [4.69, 9.17) is 25.8 Å². The molecule has 1 atom stereocenters. The minimum atomic E-state index is -0.587. The molecule has 0 spiro atoms. The Kier molecular flexibility index (Phi) is 7.20. The van der Waals surface area contributed by atoms with Crippen LogP contribution in [0.25, 0.3) is 0 Å². The highest BCUT2D eigenvalue weighted by molar-refractivity contribution is 6.30. The molecule has 0 saturated carbocycles. The van der Waals surface area contributed by atoms with Gasteiger partial charge in [0.2, 0.25) is 6.23 Å². The molecular formula is C28H30ClN3O4. The van der Waals surface area contributed by atoms with Crippen molar-refractivity contribution < 1.29 is 19.0 Å². The van der Waals surface area contributed by atoms with Crippen LogP contribution < -0.4 is 19.7 Å². The first-order chi connectivity index (χ1) is 17.6. The highest BCUT2D eigenvalue weighted by Crippen LogP contribution is 2.42. The van der Waals surface area contributed by atoms with Gasteiger partial charge in [0.05, 0.1) is 14.2 Å². The van der Waals surface area contributed by atoms with Crippen molar-refractivity contribution in [1.82, 2.24) is 4.90 Å². The molecule has 3 aromatic carbocycles. The van der Waals surface area contributed by atoms with Crippen molar-refractivity contribution in [2.75, 3.05) is 57.2 Å². The SMILES string of the molecule is COc1ccc2c(c1OC)C(=O)OC2Nc1ccccc1CCN1CCN(c2ccc(Cl)cc2)CC1. The highest BCUT2D eigenvalue weighted by Gasteiger charge is 2.36. The largest absolute Gasteiger partial charge is 0.493 e. The number of esters is 1. The number of cyclic esters (lactones) is 1. The number of benzene rings is 3.